The number of hydrogen-bond donors (Lipinski definition) is 1. The third kappa shape index (κ3) is 3.87. The Labute approximate surface area is 105 Å². The van der Waals surface area contributed by atoms with Crippen LogP contribution in [-0.2, 0) is 0 Å². The highest BCUT2D eigenvalue weighted by Crippen LogP contribution is 2.25. The second kappa shape index (κ2) is 6.24. The van der Waals surface area contributed by atoms with Crippen molar-refractivity contribution in [2.24, 2.45) is 10.7 Å². The molecule has 0 bridgehead atoms. The molecule has 0 aromatic heterocycles. The topological polar surface area (TPSA) is 44.9 Å². The Kier molecular flexibility index (Phi) is 4.66. The molecule has 1 saturated carbocycles. The van der Waals surface area contributed by atoms with Gasteiger partial charge in [0.1, 0.15) is 0 Å². The fourth-order valence-corrected chi connectivity index (χ4v) is 2.55. The van der Waals surface area contributed by atoms with Crippen LogP contribution in [-0.4, -0.2) is 54.5 Å². The lowest BCUT2D eigenvalue weighted by Gasteiger charge is -2.27. The van der Waals surface area contributed by atoms with Crippen molar-refractivity contribution in [1.29, 1.82) is 0 Å². The number of nitrogens with two attached hydrogens (primary N) is 1. The van der Waals surface area contributed by atoms with Crippen LogP contribution in [0.5, 0.6) is 0 Å². The van der Waals surface area contributed by atoms with Crippen molar-refractivity contribution in [3.8, 4) is 0 Å². The Morgan fingerprint density at radius 3 is 2.59 bits per heavy atom. The highest BCUT2D eigenvalue weighted by molar-refractivity contribution is 5.78. The van der Waals surface area contributed by atoms with E-state index in [-0.39, 0.29) is 0 Å². The Morgan fingerprint density at radius 2 is 2.00 bits per heavy atom. The molecule has 0 unspecified atom stereocenters. The molecule has 0 atom stereocenters. The van der Waals surface area contributed by atoms with Gasteiger partial charge in [0, 0.05) is 25.7 Å². The highest BCUT2D eigenvalue weighted by Gasteiger charge is 2.27. The Balaban J connectivity index is 1.70. The Morgan fingerprint density at radius 1 is 1.29 bits per heavy atom. The van der Waals surface area contributed by atoms with Gasteiger partial charge in [-0.15, -0.1) is 0 Å². The van der Waals surface area contributed by atoms with Gasteiger partial charge in [0.15, 0.2) is 5.96 Å². The van der Waals surface area contributed by atoms with Crippen LogP contribution in [0.15, 0.2) is 4.99 Å². The molecule has 0 spiro atoms. The first-order valence-corrected chi connectivity index (χ1v) is 7.10. The molecule has 2 rings (SSSR count). The van der Waals surface area contributed by atoms with Gasteiger partial charge in [-0.1, -0.05) is 6.92 Å². The Hall–Kier alpha value is -0.770. The number of aliphatic imine (C=N–C) groups is 1. The van der Waals surface area contributed by atoms with Crippen molar-refractivity contribution in [3.05, 3.63) is 0 Å². The summed E-state index contributed by atoms with van der Waals surface area (Å²) in [6, 6.07) is 0.839. The SMILES string of the molecule is CCN(CCN=C(N)N1CCCCC1)C1CC1. The Bertz CT molecular complexity index is 254. The van der Waals surface area contributed by atoms with E-state index in [0.717, 1.165) is 44.7 Å². The van der Waals surface area contributed by atoms with E-state index in [1.54, 1.807) is 0 Å². The maximum atomic E-state index is 6.03. The molecular formula is C13H26N4. The van der Waals surface area contributed by atoms with Crippen molar-refractivity contribution in [3.63, 3.8) is 0 Å². The van der Waals surface area contributed by atoms with E-state index in [2.05, 4.69) is 21.7 Å². The summed E-state index contributed by atoms with van der Waals surface area (Å²) in [5, 5.41) is 0. The molecule has 2 aliphatic rings. The van der Waals surface area contributed by atoms with Crippen LogP contribution in [0.1, 0.15) is 39.0 Å². The zero-order valence-electron chi connectivity index (χ0n) is 11.1. The first-order valence-electron chi connectivity index (χ1n) is 7.10. The molecule has 4 heteroatoms. The summed E-state index contributed by atoms with van der Waals surface area (Å²) in [7, 11) is 0. The molecule has 17 heavy (non-hydrogen) atoms. The number of nitrogens with zero attached hydrogens (tertiary/aromatic N) is 3. The van der Waals surface area contributed by atoms with Crippen LogP contribution in [0, 0.1) is 0 Å². The largest absolute Gasteiger partial charge is 0.370 e. The number of likely N-dealkylation sites (tertiary alicyclic amines) is 1. The summed E-state index contributed by atoms with van der Waals surface area (Å²) in [5.41, 5.74) is 6.03. The number of guanidine groups is 1. The molecule has 0 aromatic carbocycles. The van der Waals surface area contributed by atoms with E-state index >= 15 is 0 Å². The summed E-state index contributed by atoms with van der Waals surface area (Å²) in [6.45, 7) is 7.48. The van der Waals surface area contributed by atoms with E-state index in [0.29, 0.717) is 0 Å². The summed E-state index contributed by atoms with van der Waals surface area (Å²) in [5.74, 6) is 0.761. The van der Waals surface area contributed by atoms with Crippen molar-refractivity contribution in [2.75, 3.05) is 32.7 Å². The van der Waals surface area contributed by atoms with Gasteiger partial charge in [-0.2, -0.15) is 0 Å². The van der Waals surface area contributed by atoms with Crippen LogP contribution < -0.4 is 5.73 Å². The van der Waals surface area contributed by atoms with Gasteiger partial charge in [-0.3, -0.25) is 9.89 Å². The molecule has 1 heterocycles. The van der Waals surface area contributed by atoms with Gasteiger partial charge in [0.05, 0.1) is 6.54 Å². The number of piperidine rings is 1. The molecule has 1 aliphatic heterocycles. The maximum Gasteiger partial charge on any atom is 0.191 e. The van der Waals surface area contributed by atoms with Crippen molar-refractivity contribution >= 4 is 5.96 Å². The van der Waals surface area contributed by atoms with Crippen molar-refractivity contribution in [1.82, 2.24) is 9.80 Å². The molecule has 2 N–H and O–H groups in total. The average molecular weight is 238 g/mol. The zero-order valence-corrected chi connectivity index (χ0v) is 11.1. The fraction of sp³-hybridized carbons (Fsp3) is 0.923. The number of hydrogen-bond acceptors (Lipinski definition) is 2. The second-order valence-corrected chi connectivity index (χ2v) is 5.15. The summed E-state index contributed by atoms with van der Waals surface area (Å²) in [6.07, 6.45) is 6.62. The van der Waals surface area contributed by atoms with E-state index < -0.39 is 0 Å². The molecular weight excluding hydrogens is 212 g/mol. The average Bonchev–Trinajstić information content (AvgIpc) is 3.20. The van der Waals surface area contributed by atoms with Gasteiger partial charge >= 0.3 is 0 Å². The van der Waals surface area contributed by atoms with E-state index in [1.807, 2.05) is 0 Å². The smallest absolute Gasteiger partial charge is 0.191 e. The first-order chi connectivity index (χ1) is 8.31. The fourth-order valence-electron chi connectivity index (χ4n) is 2.55. The lowest BCUT2D eigenvalue weighted by Crippen LogP contribution is -2.41. The van der Waals surface area contributed by atoms with Crippen LogP contribution in [0.4, 0.5) is 0 Å². The minimum absolute atomic E-state index is 0.761. The molecule has 1 aliphatic carbocycles. The van der Waals surface area contributed by atoms with Crippen LogP contribution in [0.25, 0.3) is 0 Å². The quantitative estimate of drug-likeness (QED) is 0.579. The first kappa shape index (κ1) is 12.7. The minimum atomic E-state index is 0.761. The normalized spacial score (nSPS) is 22.2. The maximum absolute atomic E-state index is 6.03. The van der Waals surface area contributed by atoms with Crippen molar-refractivity contribution in [2.45, 2.75) is 45.1 Å². The van der Waals surface area contributed by atoms with Crippen molar-refractivity contribution < 1.29 is 0 Å². The predicted molar refractivity (Wildman–Crippen MR) is 72.2 cm³/mol. The van der Waals surface area contributed by atoms with Crippen LogP contribution >= 0.6 is 0 Å². The highest BCUT2D eigenvalue weighted by atomic mass is 15.3. The summed E-state index contributed by atoms with van der Waals surface area (Å²) < 4.78 is 0. The predicted octanol–water partition coefficient (Wildman–Crippen LogP) is 1.27. The minimum Gasteiger partial charge on any atom is -0.370 e. The molecule has 0 amide bonds. The van der Waals surface area contributed by atoms with Gasteiger partial charge in [-0.05, 0) is 38.6 Å². The second-order valence-electron chi connectivity index (χ2n) is 5.15. The van der Waals surface area contributed by atoms with Gasteiger partial charge < -0.3 is 10.6 Å². The van der Waals surface area contributed by atoms with E-state index in [1.165, 1.54) is 32.1 Å². The summed E-state index contributed by atoms with van der Waals surface area (Å²) in [4.78, 5) is 9.28. The standard InChI is InChI=1S/C13H26N4/c1-2-16(12-6-7-12)11-8-15-13(14)17-9-4-3-5-10-17/h12H,2-11H2,1H3,(H2,14,15). The number of rotatable bonds is 5. The lowest BCUT2D eigenvalue weighted by atomic mass is 10.1. The molecule has 1 saturated heterocycles. The molecule has 98 valence electrons. The summed E-state index contributed by atoms with van der Waals surface area (Å²) >= 11 is 0. The van der Waals surface area contributed by atoms with Gasteiger partial charge in [-0.25, -0.2) is 0 Å². The van der Waals surface area contributed by atoms with Gasteiger partial charge in [0.25, 0.3) is 0 Å². The third-order valence-electron chi connectivity index (χ3n) is 3.81. The number of likely N-dealkylation sites (N-methyl/N-ethyl adjacent to an activating group) is 1. The zero-order chi connectivity index (χ0) is 12.1. The molecule has 4 nitrogen and oxygen atoms in total. The van der Waals surface area contributed by atoms with E-state index in [4.69, 9.17) is 5.73 Å². The molecule has 0 aromatic rings. The van der Waals surface area contributed by atoms with E-state index in [9.17, 15) is 0 Å². The molecule has 0 radical (unpaired) electrons. The van der Waals surface area contributed by atoms with Gasteiger partial charge in [0.2, 0.25) is 0 Å². The monoisotopic (exact) mass is 238 g/mol. The third-order valence-corrected chi connectivity index (χ3v) is 3.81. The lowest BCUT2D eigenvalue weighted by molar-refractivity contribution is 0.284. The van der Waals surface area contributed by atoms with Crippen LogP contribution in [0.2, 0.25) is 0 Å². The molecule has 2 fully saturated rings. The van der Waals surface area contributed by atoms with Crippen LogP contribution in [0.3, 0.4) is 0 Å².